The van der Waals surface area contributed by atoms with Crippen LogP contribution in [-0.4, -0.2) is 71.1 Å². The molecule has 21 heavy (non-hydrogen) atoms. The number of amides is 2. The smallest absolute Gasteiger partial charge is 0.312 e. The van der Waals surface area contributed by atoms with Gasteiger partial charge in [0, 0.05) is 51.7 Å². The standard InChI is InChI=1S/C13H19N5O3/c19-10-2-5-14-11(20)12(21)17-6-8-18(9-7-17)13-15-3-1-4-16-13/h1,3-4,19H,2,5-10H2,(H,14,20). The van der Waals surface area contributed by atoms with Gasteiger partial charge in [-0.05, 0) is 12.5 Å². The van der Waals surface area contributed by atoms with Crippen LogP contribution >= 0.6 is 0 Å². The van der Waals surface area contributed by atoms with E-state index >= 15 is 0 Å². The van der Waals surface area contributed by atoms with Gasteiger partial charge in [0.1, 0.15) is 0 Å². The van der Waals surface area contributed by atoms with Crippen molar-refractivity contribution in [3.05, 3.63) is 18.5 Å². The van der Waals surface area contributed by atoms with E-state index in [4.69, 9.17) is 5.11 Å². The van der Waals surface area contributed by atoms with Crippen molar-refractivity contribution in [3.8, 4) is 0 Å². The lowest BCUT2D eigenvalue weighted by Gasteiger charge is -2.34. The fraction of sp³-hybridized carbons (Fsp3) is 0.538. The van der Waals surface area contributed by atoms with Crippen molar-refractivity contribution in [1.82, 2.24) is 20.2 Å². The number of hydrogen-bond acceptors (Lipinski definition) is 6. The van der Waals surface area contributed by atoms with Crippen LogP contribution in [0.5, 0.6) is 0 Å². The number of piperazine rings is 1. The van der Waals surface area contributed by atoms with Crippen LogP contribution in [0.3, 0.4) is 0 Å². The Morgan fingerprint density at radius 3 is 2.48 bits per heavy atom. The van der Waals surface area contributed by atoms with Crippen LogP contribution in [-0.2, 0) is 9.59 Å². The van der Waals surface area contributed by atoms with E-state index in [9.17, 15) is 9.59 Å². The van der Waals surface area contributed by atoms with Crippen molar-refractivity contribution in [2.75, 3.05) is 44.2 Å². The van der Waals surface area contributed by atoms with Gasteiger partial charge in [-0.15, -0.1) is 0 Å². The number of nitrogens with zero attached hydrogens (tertiary/aromatic N) is 4. The Labute approximate surface area is 122 Å². The first-order valence-electron chi connectivity index (χ1n) is 6.92. The minimum absolute atomic E-state index is 0.00970. The van der Waals surface area contributed by atoms with E-state index in [0.29, 0.717) is 45.1 Å². The molecule has 0 aliphatic carbocycles. The Morgan fingerprint density at radius 2 is 1.86 bits per heavy atom. The van der Waals surface area contributed by atoms with E-state index < -0.39 is 11.8 Å². The van der Waals surface area contributed by atoms with Crippen LogP contribution in [0.25, 0.3) is 0 Å². The van der Waals surface area contributed by atoms with Crippen molar-refractivity contribution in [2.24, 2.45) is 0 Å². The molecule has 2 amide bonds. The Morgan fingerprint density at radius 1 is 1.19 bits per heavy atom. The van der Waals surface area contributed by atoms with Crippen molar-refractivity contribution in [2.45, 2.75) is 6.42 Å². The fourth-order valence-electron chi connectivity index (χ4n) is 2.06. The average Bonchev–Trinajstić information content (AvgIpc) is 2.55. The number of hydrogen-bond donors (Lipinski definition) is 2. The first-order valence-corrected chi connectivity index (χ1v) is 6.92. The highest BCUT2D eigenvalue weighted by Crippen LogP contribution is 2.09. The summed E-state index contributed by atoms with van der Waals surface area (Å²) in [5.41, 5.74) is 0. The highest BCUT2D eigenvalue weighted by molar-refractivity contribution is 6.35. The number of nitrogens with one attached hydrogen (secondary N) is 1. The number of aliphatic hydroxyl groups excluding tert-OH is 1. The van der Waals surface area contributed by atoms with Gasteiger partial charge in [-0.3, -0.25) is 9.59 Å². The maximum absolute atomic E-state index is 11.9. The molecule has 8 nitrogen and oxygen atoms in total. The summed E-state index contributed by atoms with van der Waals surface area (Å²) < 4.78 is 0. The number of aromatic nitrogens is 2. The molecule has 0 bridgehead atoms. The molecule has 1 aliphatic heterocycles. The summed E-state index contributed by atoms with van der Waals surface area (Å²) in [5, 5.41) is 11.1. The van der Waals surface area contributed by atoms with Gasteiger partial charge in [0.2, 0.25) is 5.95 Å². The molecule has 0 unspecified atom stereocenters. The van der Waals surface area contributed by atoms with Gasteiger partial charge < -0.3 is 20.2 Å². The molecule has 0 aromatic carbocycles. The summed E-state index contributed by atoms with van der Waals surface area (Å²) in [6, 6.07) is 1.75. The van der Waals surface area contributed by atoms with Crippen molar-refractivity contribution >= 4 is 17.8 Å². The maximum Gasteiger partial charge on any atom is 0.312 e. The summed E-state index contributed by atoms with van der Waals surface area (Å²) in [6.45, 7) is 2.41. The molecule has 1 aromatic rings. The SMILES string of the molecule is O=C(NCCCO)C(=O)N1CCN(c2ncccn2)CC1. The van der Waals surface area contributed by atoms with Gasteiger partial charge >= 0.3 is 11.8 Å². The van der Waals surface area contributed by atoms with Gasteiger partial charge in [0.25, 0.3) is 0 Å². The predicted molar refractivity (Wildman–Crippen MR) is 75.5 cm³/mol. The molecule has 0 spiro atoms. The number of carbonyl (C=O) groups excluding carboxylic acids is 2. The minimum Gasteiger partial charge on any atom is -0.396 e. The zero-order chi connectivity index (χ0) is 15.1. The minimum atomic E-state index is -0.618. The Kier molecular flexibility index (Phi) is 5.44. The summed E-state index contributed by atoms with van der Waals surface area (Å²) in [5.74, 6) is -0.508. The van der Waals surface area contributed by atoms with Gasteiger partial charge in [0.05, 0.1) is 0 Å². The third kappa shape index (κ3) is 4.12. The molecule has 2 N–H and O–H groups in total. The fourth-order valence-corrected chi connectivity index (χ4v) is 2.06. The first-order chi connectivity index (χ1) is 10.2. The van der Waals surface area contributed by atoms with Crippen LogP contribution in [0.15, 0.2) is 18.5 Å². The van der Waals surface area contributed by atoms with E-state index in [1.807, 2.05) is 4.90 Å². The topological polar surface area (TPSA) is 98.7 Å². The Hall–Kier alpha value is -2.22. The molecular weight excluding hydrogens is 274 g/mol. The molecule has 2 rings (SSSR count). The lowest BCUT2D eigenvalue weighted by molar-refractivity contribution is -0.146. The number of aliphatic hydroxyl groups is 1. The van der Waals surface area contributed by atoms with Crippen LogP contribution in [0, 0.1) is 0 Å². The van der Waals surface area contributed by atoms with Gasteiger partial charge in [-0.25, -0.2) is 9.97 Å². The third-order valence-corrected chi connectivity index (χ3v) is 3.22. The van der Waals surface area contributed by atoms with Crippen molar-refractivity contribution < 1.29 is 14.7 Å². The second kappa shape index (κ2) is 7.53. The second-order valence-electron chi connectivity index (χ2n) is 4.66. The molecule has 114 valence electrons. The molecule has 2 heterocycles. The molecule has 1 saturated heterocycles. The molecule has 0 saturated carbocycles. The van der Waals surface area contributed by atoms with Gasteiger partial charge in [-0.1, -0.05) is 0 Å². The van der Waals surface area contributed by atoms with E-state index in [1.54, 1.807) is 18.5 Å². The summed E-state index contributed by atoms with van der Waals surface area (Å²) in [7, 11) is 0. The highest BCUT2D eigenvalue weighted by Gasteiger charge is 2.26. The van der Waals surface area contributed by atoms with Crippen molar-refractivity contribution in [3.63, 3.8) is 0 Å². The van der Waals surface area contributed by atoms with Crippen LogP contribution in [0.1, 0.15) is 6.42 Å². The number of anilines is 1. The lowest BCUT2D eigenvalue weighted by atomic mass is 10.3. The molecule has 0 radical (unpaired) electrons. The molecular formula is C13H19N5O3. The normalized spacial score (nSPS) is 14.9. The molecule has 1 aromatic heterocycles. The number of rotatable bonds is 4. The molecule has 0 atom stereocenters. The first kappa shape index (κ1) is 15.2. The summed E-state index contributed by atoms with van der Waals surface area (Å²) in [4.78, 5) is 35.4. The third-order valence-electron chi connectivity index (χ3n) is 3.22. The number of carbonyl (C=O) groups is 2. The van der Waals surface area contributed by atoms with E-state index in [-0.39, 0.29) is 6.61 Å². The van der Waals surface area contributed by atoms with E-state index in [0.717, 1.165) is 0 Å². The summed E-state index contributed by atoms with van der Waals surface area (Å²) >= 11 is 0. The maximum atomic E-state index is 11.9. The average molecular weight is 293 g/mol. The van der Waals surface area contributed by atoms with Gasteiger partial charge in [-0.2, -0.15) is 0 Å². The van der Waals surface area contributed by atoms with Crippen LogP contribution in [0.4, 0.5) is 5.95 Å². The Bertz CT molecular complexity index is 474. The van der Waals surface area contributed by atoms with E-state index in [2.05, 4.69) is 15.3 Å². The zero-order valence-electron chi connectivity index (χ0n) is 11.7. The van der Waals surface area contributed by atoms with E-state index in [1.165, 1.54) is 4.90 Å². The lowest BCUT2D eigenvalue weighted by Crippen LogP contribution is -2.53. The zero-order valence-corrected chi connectivity index (χ0v) is 11.7. The predicted octanol–water partition coefficient (Wildman–Crippen LogP) is -1.38. The molecule has 1 aliphatic rings. The largest absolute Gasteiger partial charge is 0.396 e. The molecule has 1 fully saturated rings. The summed E-state index contributed by atoms with van der Waals surface area (Å²) in [6.07, 6.45) is 3.79. The highest BCUT2D eigenvalue weighted by atomic mass is 16.3. The Balaban J connectivity index is 1.80. The molecule has 8 heteroatoms. The van der Waals surface area contributed by atoms with Crippen LogP contribution in [0.2, 0.25) is 0 Å². The monoisotopic (exact) mass is 293 g/mol. The van der Waals surface area contributed by atoms with Crippen LogP contribution < -0.4 is 10.2 Å². The quantitative estimate of drug-likeness (QED) is 0.524. The second-order valence-corrected chi connectivity index (χ2v) is 4.66. The van der Waals surface area contributed by atoms with Crippen molar-refractivity contribution in [1.29, 1.82) is 0 Å². The van der Waals surface area contributed by atoms with Gasteiger partial charge in [0.15, 0.2) is 0 Å².